The summed E-state index contributed by atoms with van der Waals surface area (Å²) in [6.07, 6.45) is 4.73. The fourth-order valence-corrected chi connectivity index (χ4v) is 4.07. The first-order valence-electron chi connectivity index (χ1n) is 7.34. The zero-order valence-corrected chi connectivity index (χ0v) is 14.2. The Bertz CT molecular complexity index is 519. The van der Waals surface area contributed by atoms with Crippen LogP contribution < -0.4 is 5.32 Å². The third kappa shape index (κ3) is 2.72. The molecule has 0 aromatic heterocycles. The molecule has 3 nitrogen and oxygen atoms in total. The molecular formula is C16H21IN2O. The second kappa shape index (κ2) is 5.64. The molecule has 4 heteroatoms. The SMILES string of the molecule is Cc1ccc(I)c(C(=O)N(C)C2CC3CCC(C2)N3)c1. The van der Waals surface area contributed by atoms with E-state index in [1.54, 1.807) is 0 Å². The van der Waals surface area contributed by atoms with Crippen molar-refractivity contribution in [3.8, 4) is 0 Å². The third-order valence-electron chi connectivity index (χ3n) is 4.67. The first-order chi connectivity index (χ1) is 9.54. The van der Waals surface area contributed by atoms with Gasteiger partial charge in [0.25, 0.3) is 5.91 Å². The van der Waals surface area contributed by atoms with Crippen LogP contribution in [0.15, 0.2) is 18.2 Å². The molecule has 2 saturated heterocycles. The van der Waals surface area contributed by atoms with Gasteiger partial charge in [0.05, 0.1) is 5.56 Å². The van der Waals surface area contributed by atoms with Crippen LogP contribution in [-0.4, -0.2) is 36.0 Å². The number of hydrogen-bond acceptors (Lipinski definition) is 2. The van der Waals surface area contributed by atoms with E-state index in [9.17, 15) is 4.79 Å². The third-order valence-corrected chi connectivity index (χ3v) is 5.61. The molecule has 1 amide bonds. The molecule has 2 atom stereocenters. The topological polar surface area (TPSA) is 32.3 Å². The van der Waals surface area contributed by atoms with Gasteiger partial charge in [-0.1, -0.05) is 11.6 Å². The summed E-state index contributed by atoms with van der Waals surface area (Å²) in [7, 11) is 1.97. The Kier molecular flexibility index (Phi) is 4.04. The van der Waals surface area contributed by atoms with E-state index in [-0.39, 0.29) is 5.91 Å². The summed E-state index contributed by atoms with van der Waals surface area (Å²) in [4.78, 5) is 14.7. The minimum atomic E-state index is 0.171. The van der Waals surface area contributed by atoms with Gasteiger partial charge in [0, 0.05) is 28.7 Å². The molecule has 20 heavy (non-hydrogen) atoms. The maximum absolute atomic E-state index is 12.8. The molecule has 1 N–H and O–H groups in total. The van der Waals surface area contributed by atoms with Gasteiger partial charge >= 0.3 is 0 Å². The molecule has 0 saturated carbocycles. The number of halogens is 1. The van der Waals surface area contributed by atoms with Crippen LogP contribution in [0, 0.1) is 10.5 Å². The molecule has 2 unspecified atom stereocenters. The fraction of sp³-hybridized carbons (Fsp3) is 0.562. The van der Waals surface area contributed by atoms with Crippen molar-refractivity contribution in [3.63, 3.8) is 0 Å². The largest absolute Gasteiger partial charge is 0.339 e. The van der Waals surface area contributed by atoms with Crippen LogP contribution in [0.2, 0.25) is 0 Å². The van der Waals surface area contributed by atoms with Gasteiger partial charge in [0.1, 0.15) is 0 Å². The Morgan fingerprint density at radius 3 is 2.60 bits per heavy atom. The van der Waals surface area contributed by atoms with Crippen LogP contribution in [-0.2, 0) is 0 Å². The van der Waals surface area contributed by atoms with Gasteiger partial charge in [0.2, 0.25) is 0 Å². The van der Waals surface area contributed by atoms with E-state index in [2.05, 4.69) is 34.0 Å². The average Bonchev–Trinajstić information content (AvgIpc) is 2.78. The molecule has 0 radical (unpaired) electrons. The maximum Gasteiger partial charge on any atom is 0.254 e. The molecule has 1 aromatic rings. The first-order valence-corrected chi connectivity index (χ1v) is 8.42. The number of nitrogens with zero attached hydrogens (tertiary/aromatic N) is 1. The highest BCUT2D eigenvalue weighted by Gasteiger charge is 2.36. The van der Waals surface area contributed by atoms with Crippen molar-refractivity contribution in [3.05, 3.63) is 32.9 Å². The number of fused-ring (bicyclic) bond motifs is 2. The van der Waals surface area contributed by atoms with Crippen molar-refractivity contribution in [2.75, 3.05) is 7.05 Å². The van der Waals surface area contributed by atoms with Crippen molar-refractivity contribution in [1.29, 1.82) is 0 Å². The molecule has 1 aromatic carbocycles. The van der Waals surface area contributed by atoms with Gasteiger partial charge in [-0.05, 0) is 67.3 Å². The van der Waals surface area contributed by atoms with Crippen molar-refractivity contribution in [2.24, 2.45) is 0 Å². The van der Waals surface area contributed by atoms with Crippen LogP contribution in [0.5, 0.6) is 0 Å². The van der Waals surface area contributed by atoms with Crippen LogP contribution in [0.25, 0.3) is 0 Å². The number of nitrogens with one attached hydrogen (secondary N) is 1. The van der Waals surface area contributed by atoms with Gasteiger partial charge in [-0.15, -0.1) is 0 Å². The lowest BCUT2D eigenvalue weighted by Gasteiger charge is -2.35. The summed E-state index contributed by atoms with van der Waals surface area (Å²) in [5.74, 6) is 0.171. The quantitative estimate of drug-likeness (QED) is 0.796. The highest BCUT2D eigenvalue weighted by Crippen LogP contribution is 2.30. The number of rotatable bonds is 2. The van der Waals surface area contributed by atoms with Gasteiger partial charge in [-0.25, -0.2) is 0 Å². The van der Waals surface area contributed by atoms with E-state index < -0.39 is 0 Å². The summed E-state index contributed by atoms with van der Waals surface area (Å²) < 4.78 is 1.04. The molecule has 3 rings (SSSR count). The van der Waals surface area contributed by atoms with Crippen LogP contribution >= 0.6 is 22.6 Å². The summed E-state index contributed by atoms with van der Waals surface area (Å²) >= 11 is 2.26. The Morgan fingerprint density at radius 2 is 1.95 bits per heavy atom. The van der Waals surface area contributed by atoms with Crippen molar-refractivity contribution in [2.45, 2.75) is 50.7 Å². The van der Waals surface area contributed by atoms with Gasteiger partial charge in [-0.3, -0.25) is 4.79 Å². The number of carbonyl (C=O) groups excluding carboxylic acids is 1. The Morgan fingerprint density at radius 1 is 1.30 bits per heavy atom. The molecule has 2 fully saturated rings. The van der Waals surface area contributed by atoms with E-state index in [4.69, 9.17) is 0 Å². The summed E-state index contributed by atoms with van der Waals surface area (Å²) in [5.41, 5.74) is 1.99. The molecule has 108 valence electrons. The summed E-state index contributed by atoms with van der Waals surface area (Å²) in [6.45, 7) is 2.04. The van der Waals surface area contributed by atoms with E-state index in [1.807, 2.05) is 31.0 Å². The normalized spacial score (nSPS) is 28.4. The molecule has 2 aliphatic heterocycles. The fourth-order valence-electron chi connectivity index (χ4n) is 3.50. The Balaban J connectivity index is 1.78. The zero-order valence-electron chi connectivity index (χ0n) is 12.0. The molecule has 0 spiro atoms. The number of benzene rings is 1. The van der Waals surface area contributed by atoms with Crippen LogP contribution in [0.4, 0.5) is 0 Å². The maximum atomic E-state index is 12.8. The van der Waals surface area contributed by atoms with Crippen LogP contribution in [0.3, 0.4) is 0 Å². The minimum absolute atomic E-state index is 0.171. The molecular weight excluding hydrogens is 363 g/mol. The molecule has 2 heterocycles. The highest BCUT2D eigenvalue weighted by atomic mass is 127. The molecule has 2 bridgehead atoms. The van der Waals surface area contributed by atoms with Crippen molar-refractivity contribution in [1.82, 2.24) is 10.2 Å². The predicted molar refractivity (Wildman–Crippen MR) is 89.0 cm³/mol. The minimum Gasteiger partial charge on any atom is -0.339 e. The second-order valence-corrected chi connectivity index (χ2v) is 7.32. The summed E-state index contributed by atoms with van der Waals surface area (Å²) in [6, 6.07) is 7.72. The molecule has 2 aliphatic rings. The van der Waals surface area contributed by atoms with Gasteiger partial charge in [-0.2, -0.15) is 0 Å². The smallest absolute Gasteiger partial charge is 0.254 e. The zero-order chi connectivity index (χ0) is 14.3. The number of piperidine rings is 1. The number of aryl methyl sites for hydroxylation is 1. The second-order valence-electron chi connectivity index (χ2n) is 6.16. The standard InChI is InChI=1S/C16H21IN2O/c1-10-3-6-15(17)14(7-10)16(20)19(2)13-8-11-4-5-12(9-13)18-11/h3,6-7,11-13,18H,4-5,8-9H2,1-2H3. The van der Waals surface area contributed by atoms with E-state index in [0.717, 1.165) is 27.5 Å². The number of amides is 1. The lowest BCUT2D eigenvalue weighted by molar-refractivity contribution is 0.0680. The van der Waals surface area contributed by atoms with E-state index >= 15 is 0 Å². The Labute approximate surface area is 134 Å². The van der Waals surface area contributed by atoms with Gasteiger partial charge in [0.15, 0.2) is 0 Å². The Hall–Kier alpha value is -0.620. The van der Waals surface area contributed by atoms with Gasteiger partial charge < -0.3 is 10.2 Å². The molecule has 0 aliphatic carbocycles. The highest BCUT2D eigenvalue weighted by molar-refractivity contribution is 14.1. The monoisotopic (exact) mass is 384 g/mol. The predicted octanol–water partition coefficient (Wildman–Crippen LogP) is 2.95. The van der Waals surface area contributed by atoms with E-state index in [0.29, 0.717) is 18.1 Å². The lowest BCUT2D eigenvalue weighted by atomic mass is 9.98. The average molecular weight is 384 g/mol. The van der Waals surface area contributed by atoms with E-state index in [1.165, 1.54) is 12.8 Å². The van der Waals surface area contributed by atoms with Crippen molar-refractivity contribution >= 4 is 28.5 Å². The first kappa shape index (κ1) is 14.3. The van der Waals surface area contributed by atoms with Crippen molar-refractivity contribution < 1.29 is 4.79 Å². The number of hydrogen-bond donors (Lipinski definition) is 1. The summed E-state index contributed by atoms with van der Waals surface area (Å²) in [5, 5.41) is 3.63. The number of carbonyl (C=O) groups is 1. The van der Waals surface area contributed by atoms with Crippen LogP contribution in [0.1, 0.15) is 41.6 Å². The lowest BCUT2D eigenvalue weighted by Crippen LogP contribution is -2.48.